The van der Waals surface area contributed by atoms with Crippen molar-refractivity contribution in [1.29, 1.82) is 0 Å². The molecule has 1 aromatic heterocycles. The summed E-state index contributed by atoms with van der Waals surface area (Å²) < 4.78 is 0. The summed E-state index contributed by atoms with van der Waals surface area (Å²) in [4.78, 5) is 17.1. The molecule has 2 aromatic carbocycles. The van der Waals surface area contributed by atoms with Crippen molar-refractivity contribution in [3.8, 4) is 5.75 Å². The second-order valence-electron chi connectivity index (χ2n) is 6.45. The highest BCUT2D eigenvalue weighted by Crippen LogP contribution is 2.35. The number of nitrogens with zero attached hydrogens (tertiary/aromatic N) is 1. The molecule has 130 valence electrons. The molecule has 5 heteroatoms. The molecular formula is C20H23N3O2. The number of aromatic amines is 1. The van der Waals surface area contributed by atoms with Crippen LogP contribution in [0.15, 0.2) is 42.5 Å². The van der Waals surface area contributed by atoms with Crippen molar-refractivity contribution >= 4 is 17.2 Å². The van der Waals surface area contributed by atoms with E-state index in [-0.39, 0.29) is 11.8 Å². The van der Waals surface area contributed by atoms with Gasteiger partial charge in [-0.3, -0.25) is 4.79 Å². The van der Waals surface area contributed by atoms with E-state index in [4.69, 9.17) is 0 Å². The highest BCUT2D eigenvalue weighted by molar-refractivity contribution is 5.87. The largest absolute Gasteiger partial charge is 0.508 e. The van der Waals surface area contributed by atoms with Gasteiger partial charge in [0.2, 0.25) is 0 Å². The number of phenols is 1. The van der Waals surface area contributed by atoms with Gasteiger partial charge in [-0.25, -0.2) is 0 Å². The normalized spacial score (nSPS) is 12.6. The van der Waals surface area contributed by atoms with Gasteiger partial charge in [0.15, 0.2) is 0 Å². The number of fused-ring (bicyclic) bond motifs is 1. The number of para-hydroxylation sites is 1. The third-order valence-corrected chi connectivity index (χ3v) is 4.39. The first-order valence-corrected chi connectivity index (χ1v) is 8.24. The quantitative estimate of drug-likeness (QED) is 0.605. The number of hydrogen-bond donors (Lipinski definition) is 3. The van der Waals surface area contributed by atoms with Gasteiger partial charge >= 0.3 is 0 Å². The lowest BCUT2D eigenvalue weighted by Gasteiger charge is -2.21. The number of aldehydes is 1. The monoisotopic (exact) mass is 337 g/mol. The molecule has 0 bridgehead atoms. The van der Waals surface area contributed by atoms with Crippen LogP contribution in [0, 0.1) is 0 Å². The van der Waals surface area contributed by atoms with Gasteiger partial charge in [-0.1, -0.05) is 18.2 Å². The third-order valence-electron chi connectivity index (χ3n) is 4.39. The molecular weight excluding hydrogens is 314 g/mol. The Labute approximate surface area is 147 Å². The highest BCUT2D eigenvalue weighted by atomic mass is 16.3. The third kappa shape index (κ3) is 3.29. The number of nitrogens with one attached hydrogen (secondary N) is 2. The Balaban J connectivity index is 2.25. The molecule has 0 radical (unpaired) electrons. The van der Waals surface area contributed by atoms with E-state index in [1.54, 1.807) is 12.1 Å². The van der Waals surface area contributed by atoms with E-state index >= 15 is 0 Å². The molecule has 0 aliphatic carbocycles. The molecule has 0 spiro atoms. The van der Waals surface area contributed by atoms with Crippen LogP contribution in [0.1, 0.15) is 33.2 Å². The summed E-state index contributed by atoms with van der Waals surface area (Å²) >= 11 is 0. The van der Waals surface area contributed by atoms with Gasteiger partial charge in [0, 0.05) is 34.3 Å². The molecule has 3 N–H and O–H groups in total. The number of aromatic hydroxyl groups is 1. The molecule has 1 atom stereocenters. The molecule has 25 heavy (non-hydrogen) atoms. The molecule has 0 amide bonds. The van der Waals surface area contributed by atoms with E-state index in [2.05, 4.69) is 21.3 Å². The first-order valence-electron chi connectivity index (χ1n) is 8.24. The number of phenolic OH excluding ortho intramolecular Hbond substituents is 1. The lowest BCUT2D eigenvalue weighted by atomic mass is 9.92. The zero-order chi connectivity index (χ0) is 18.0. The maximum Gasteiger partial charge on any atom is 0.150 e. The highest BCUT2D eigenvalue weighted by Gasteiger charge is 2.23. The molecule has 0 aliphatic rings. The predicted molar refractivity (Wildman–Crippen MR) is 100 cm³/mol. The van der Waals surface area contributed by atoms with Crippen LogP contribution >= 0.6 is 0 Å². The average molecular weight is 337 g/mol. The second-order valence-corrected chi connectivity index (χ2v) is 6.45. The van der Waals surface area contributed by atoms with Crippen LogP contribution < -0.4 is 5.32 Å². The van der Waals surface area contributed by atoms with Crippen molar-refractivity contribution in [3.63, 3.8) is 0 Å². The number of H-pyrrole nitrogens is 1. The number of carbonyl (C=O) groups excluding carboxylic acids is 1. The van der Waals surface area contributed by atoms with E-state index in [0.29, 0.717) is 5.56 Å². The molecule has 3 aromatic rings. The number of carbonyl (C=O) groups is 1. The van der Waals surface area contributed by atoms with Crippen molar-refractivity contribution in [3.05, 3.63) is 64.8 Å². The van der Waals surface area contributed by atoms with Gasteiger partial charge in [-0.05, 0) is 51.0 Å². The predicted octanol–water partition coefficient (Wildman–Crippen LogP) is 3.06. The van der Waals surface area contributed by atoms with Crippen molar-refractivity contribution < 1.29 is 9.90 Å². The van der Waals surface area contributed by atoms with E-state index < -0.39 is 0 Å². The molecule has 0 saturated heterocycles. The zero-order valence-corrected chi connectivity index (χ0v) is 14.7. The van der Waals surface area contributed by atoms with Gasteiger partial charge in [0.05, 0.1) is 6.04 Å². The number of hydrogen-bond acceptors (Lipinski definition) is 4. The van der Waals surface area contributed by atoms with E-state index in [9.17, 15) is 9.90 Å². The minimum Gasteiger partial charge on any atom is -0.508 e. The topological polar surface area (TPSA) is 68.4 Å². The number of rotatable bonds is 6. The number of aromatic nitrogens is 1. The number of benzene rings is 2. The molecule has 0 saturated carbocycles. The fourth-order valence-corrected chi connectivity index (χ4v) is 3.36. The van der Waals surface area contributed by atoms with Gasteiger partial charge in [-0.2, -0.15) is 0 Å². The van der Waals surface area contributed by atoms with Crippen LogP contribution in [-0.4, -0.2) is 42.4 Å². The Morgan fingerprint density at radius 3 is 2.68 bits per heavy atom. The lowest BCUT2D eigenvalue weighted by Crippen LogP contribution is -2.22. The Hall–Kier alpha value is -2.63. The summed E-state index contributed by atoms with van der Waals surface area (Å²) in [6, 6.07) is 12.8. The Morgan fingerprint density at radius 2 is 2.00 bits per heavy atom. The van der Waals surface area contributed by atoms with Crippen LogP contribution in [0.5, 0.6) is 5.75 Å². The first kappa shape index (κ1) is 17.2. The van der Waals surface area contributed by atoms with Crippen molar-refractivity contribution in [2.75, 3.05) is 21.1 Å². The maximum absolute atomic E-state index is 11.5. The first-order chi connectivity index (χ1) is 12.0. The summed E-state index contributed by atoms with van der Waals surface area (Å²) in [5.74, 6) is 0.148. The fourth-order valence-electron chi connectivity index (χ4n) is 3.36. The summed E-state index contributed by atoms with van der Waals surface area (Å²) in [6.45, 7) is 0.747. The van der Waals surface area contributed by atoms with Gasteiger partial charge in [-0.15, -0.1) is 0 Å². The Bertz CT molecular complexity index is 899. The fraction of sp³-hybridized carbons (Fsp3) is 0.250. The zero-order valence-electron chi connectivity index (χ0n) is 14.7. The smallest absolute Gasteiger partial charge is 0.150 e. The molecule has 5 nitrogen and oxygen atoms in total. The lowest BCUT2D eigenvalue weighted by molar-refractivity contribution is 0.112. The van der Waals surface area contributed by atoms with Crippen LogP contribution in [-0.2, 0) is 6.54 Å². The summed E-state index contributed by atoms with van der Waals surface area (Å²) in [6.07, 6.45) is 0.833. The summed E-state index contributed by atoms with van der Waals surface area (Å²) in [7, 11) is 5.91. The molecule has 0 aliphatic heterocycles. The van der Waals surface area contributed by atoms with Crippen LogP contribution in [0.4, 0.5) is 0 Å². The van der Waals surface area contributed by atoms with Crippen LogP contribution in [0.2, 0.25) is 0 Å². The van der Waals surface area contributed by atoms with E-state index in [0.717, 1.165) is 40.6 Å². The van der Waals surface area contributed by atoms with Gasteiger partial charge in [0.1, 0.15) is 12.0 Å². The van der Waals surface area contributed by atoms with Crippen molar-refractivity contribution in [2.45, 2.75) is 12.6 Å². The van der Waals surface area contributed by atoms with Gasteiger partial charge in [0.25, 0.3) is 0 Å². The average Bonchev–Trinajstić information content (AvgIpc) is 2.93. The molecule has 3 rings (SSSR count). The Morgan fingerprint density at radius 1 is 1.24 bits per heavy atom. The summed E-state index contributed by atoms with van der Waals surface area (Å²) in [5.41, 5.74) is 4.58. The van der Waals surface area contributed by atoms with Crippen LogP contribution in [0.25, 0.3) is 10.9 Å². The van der Waals surface area contributed by atoms with Crippen molar-refractivity contribution in [2.24, 2.45) is 0 Å². The van der Waals surface area contributed by atoms with E-state index in [1.807, 2.05) is 39.3 Å². The van der Waals surface area contributed by atoms with Gasteiger partial charge < -0.3 is 20.3 Å². The molecule has 1 unspecified atom stereocenters. The van der Waals surface area contributed by atoms with Crippen LogP contribution in [0.3, 0.4) is 0 Å². The Kier molecular flexibility index (Phi) is 4.88. The molecule has 0 fully saturated rings. The van der Waals surface area contributed by atoms with E-state index in [1.165, 1.54) is 6.07 Å². The molecule has 1 heterocycles. The SMILES string of the molecule is CNC(c1cc(O)ccc1C=O)c1c(CN(C)C)[nH]c2ccccc12. The summed E-state index contributed by atoms with van der Waals surface area (Å²) in [5, 5.41) is 14.4. The van der Waals surface area contributed by atoms with Crippen molar-refractivity contribution in [1.82, 2.24) is 15.2 Å². The second kappa shape index (κ2) is 7.09. The maximum atomic E-state index is 11.5. The standard InChI is InChI=1S/C20H23N3O2/c1-21-20(16-10-14(25)9-8-13(16)12-24)19-15-6-4-5-7-17(15)22-18(19)11-23(2)3/h4-10,12,20-22,25H,11H2,1-3H3. The minimum atomic E-state index is -0.210. The minimum absolute atomic E-state index is 0.148.